The van der Waals surface area contributed by atoms with Crippen LogP contribution < -0.4 is 19.7 Å². The van der Waals surface area contributed by atoms with Gasteiger partial charge in [-0.25, -0.2) is 0 Å². The summed E-state index contributed by atoms with van der Waals surface area (Å²) in [5.41, 5.74) is 0.258. The van der Waals surface area contributed by atoms with E-state index < -0.39 is 11.9 Å². The minimum atomic E-state index is -1.19. The standard InChI is InChI=1S/2C16H24O3.Zn/c2*1-4-8-12(3)11-13(5-2)19-15-10-7-6-9-14(15)16(17)18;/h2*6-7,9-10,12-13H,4-5,8,11H2,1-3H3,(H,17,18);/q;;+2/p-2. The molecular weight excluding hydrogens is 546 g/mol. The first-order chi connectivity index (χ1) is 18.2. The molecule has 0 spiro atoms. The maximum atomic E-state index is 11.0. The smallest absolute Gasteiger partial charge is 0.545 e. The first-order valence-corrected chi connectivity index (χ1v) is 14.1. The van der Waals surface area contributed by atoms with Crippen LogP contribution in [0.3, 0.4) is 0 Å². The molecule has 0 N–H and O–H groups in total. The van der Waals surface area contributed by atoms with E-state index in [1.165, 1.54) is 25.0 Å². The van der Waals surface area contributed by atoms with Crippen molar-refractivity contribution in [1.29, 1.82) is 0 Å². The molecule has 0 aliphatic carbocycles. The zero-order valence-electron chi connectivity index (χ0n) is 24.7. The van der Waals surface area contributed by atoms with E-state index in [0.29, 0.717) is 23.3 Å². The van der Waals surface area contributed by atoms with Gasteiger partial charge in [0.15, 0.2) is 0 Å². The van der Waals surface area contributed by atoms with Gasteiger partial charge in [-0.1, -0.05) is 91.5 Å². The van der Waals surface area contributed by atoms with E-state index in [-0.39, 0.29) is 42.8 Å². The van der Waals surface area contributed by atoms with E-state index in [2.05, 4.69) is 41.5 Å². The molecule has 7 heteroatoms. The van der Waals surface area contributed by atoms with Gasteiger partial charge in [-0.3, -0.25) is 0 Å². The number of hydrogen-bond acceptors (Lipinski definition) is 6. The average Bonchev–Trinajstić information content (AvgIpc) is 2.89. The molecule has 39 heavy (non-hydrogen) atoms. The van der Waals surface area contributed by atoms with Crippen LogP contribution in [0.4, 0.5) is 0 Å². The number of carbonyl (C=O) groups is 2. The van der Waals surface area contributed by atoms with Gasteiger partial charge in [0, 0.05) is 11.1 Å². The Kier molecular flexibility index (Phi) is 19.2. The molecule has 4 atom stereocenters. The third kappa shape index (κ3) is 14.0. The van der Waals surface area contributed by atoms with Gasteiger partial charge in [0.2, 0.25) is 0 Å². The fraction of sp³-hybridized carbons (Fsp3) is 0.562. The van der Waals surface area contributed by atoms with Gasteiger partial charge in [-0.2, -0.15) is 0 Å². The molecular formula is C32H46O6Zn. The van der Waals surface area contributed by atoms with Crippen molar-refractivity contribution in [2.75, 3.05) is 0 Å². The number of ether oxygens (including phenoxy) is 2. The van der Waals surface area contributed by atoms with Crippen molar-refractivity contribution in [2.45, 2.75) is 105 Å². The molecule has 2 aromatic carbocycles. The Morgan fingerprint density at radius 3 is 1.28 bits per heavy atom. The monoisotopic (exact) mass is 590 g/mol. The molecule has 4 unspecified atom stereocenters. The molecule has 0 aliphatic heterocycles. The molecule has 0 bridgehead atoms. The summed E-state index contributed by atoms with van der Waals surface area (Å²) in [6.45, 7) is 12.9. The second-order valence-corrected chi connectivity index (χ2v) is 10.1. The quantitative estimate of drug-likeness (QED) is 0.220. The number of rotatable bonds is 16. The molecule has 0 aliphatic rings. The van der Waals surface area contributed by atoms with Crippen molar-refractivity contribution in [1.82, 2.24) is 0 Å². The number of hydrogen-bond donors (Lipinski definition) is 0. The first-order valence-electron chi connectivity index (χ1n) is 14.1. The molecule has 6 nitrogen and oxygen atoms in total. The molecule has 0 fully saturated rings. The molecule has 2 aromatic rings. The Bertz CT molecular complexity index is 886. The third-order valence-corrected chi connectivity index (χ3v) is 6.61. The number of para-hydroxylation sites is 2. The number of aromatic carboxylic acids is 2. The molecule has 0 saturated heterocycles. The van der Waals surface area contributed by atoms with Gasteiger partial charge < -0.3 is 29.3 Å². The van der Waals surface area contributed by atoms with E-state index in [4.69, 9.17) is 9.47 Å². The number of carboxylic acids is 2. The summed E-state index contributed by atoms with van der Waals surface area (Å²) >= 11 is 0. The number of benzene rings is 2. The van der Waals surface area contributed by atoms with Crippen molar-refractivity contribution in [2.24, 2.45) is 11.8 Å². The number of carbonyl (C=O) groups excluding carboxylic acids is 2. The SMILES string of the molecule is CCCC(C)CC(CC)Oc1ccccc1C(=O)[O-].CCCC(C)CC(CC)Oc1ccccc1C(=O)[O-].[Zn+2]. The fourth-order valence-electron chi connectivity index (χ4n) is 4.55. The van der Waals surface area contributed by atoms with Crippen LogP contribution in [0.15, 0.2) is 48.5 Å². The van der Waals surface area contributed by atoms with Gasteiger partial charge in [0.25, 0.3) is 0 Å². The molecule has 212 valence electrons. The third-order valence-electron chi connectivity index (χ3n) is 6.61. The van der Waals surface area contributed by atoms with Crippen LogP contribution in [-0.2, 0) is 19.5 Å². The topological polar surface area (TPSA) is 98.7 Å². The van der Waals surface area contributed by atoms with Crippen molar-refractivity contribution >= 4 is 11.9 Å². The molecule has 0 heterocycles. The van der Waals surface area contributed by atoms with Gasteiger partial charge >= 0.3 is 19.5 Å². The zero-order chi connectivity index (χ0) is 28.5. The van der Waals surface area contributed by atoms with E-state index in [1.807, 2.05) is 0 Å². The van der Waals surface area contributed by atoms with Crippen LogP contribution in [-0.4, -0.2) is 24.1 Å². The summed E-state index contributed by atoms with van der Waals surface area (Å²) in [5.74, 6) is -0.370. The van der Waals surface area contributed by atoms with Gasteiger partial charge in [-0.15, -0.1) is 0 Å². The van der Waals surface area contributed by atoms with Crippen LogP contribution in [0.1, 0.15) is 114 Å². The zero-order valence-corrected chi connectivity index (χ0v) is 27.7. The van der Waals surface area contributed by atoms with E-state index in [9.17, 15) is 19.8 Å². The Labute approximate surface area is 248 Å². The maximum Gasteiger partial charge on any atom is 2.00 e. The van der Waals surface area contributed by atoms with Crippen LogP contribution in [0.5, 0.6) is 11.5 Å². The second-order valence-electron chi connectivity index (χ2n) is 10.1. The largest absolute Gasteiger partial charge is 2.00 e. The molecule has 0 aromatic heterocycles. The van der Waals surface area contributed by atoms with Crippen LogP contribution in [0.2, 0.25) is 0 Å². The summed E-state index contributed by atoms with van der Waals surface area (Å²) in [7, 11) is 0. The Morgan fingerprint density at radius 2 is 1.00 bits per heavy atom. The number of carboxylic acid groups (broad SMARTS) is 2. The van der Waals surface area contributed by atoms with E-state index >= 15 is 0 Å². The second kappa shape index (κ2) is 20.5. The maximum absolute atomic E-state index is 11.0. The summed E-state index contributed by atoms with van der Waals surface area (Å²) in [6.07, 6.45) is 8.41. The Balaban J connectivity index is 0.000000722. The van der Waals surface area contributed by atoms with Crippen molar-refractivity contribution in [3.63, 3.8) is 0 Å². The Morgan fingerprint density at radius 1 is 0.667 bits per heavy atom. The first kappa shape index (κ1) is 36.6. The normalized spacial score (nSPS) is 13.5. The Hall–Kier alpha value is -2.40. The summed E-state index contributed by atoms with van der Waals surface area (Å²) in [4.78, 5) is 22.1. The molecule has 0 amide bonds. The van der Waals surface area contributed by atoms with Crippen molar-refractivity contribution < 1.29 is 48.8 Å². The van der Waals surface area contributed by atoms with E-state index in [0.717, 1.165) is 38.5 Å². The minimum Gasteiger partial charge on any atom is -0.545 e. The summed E-state index contributed by atoms with van der Waals surface area (Å²) in [6, 6.07) is 13.3. The van der Waals surface area contributed by atoms with Gasteiger partial charge in [0.1, 0.15) is 11.5 Å². The van der Waals surface area contributed by atoms with E-state index in [1.54, 1.807) is 36.4 Å². The molecule has 0 radical (unpaired) electrons. The average molecular weight is 592 g/mol. The summed E-state index contributed by atoms with van der Waals surface area (Å²) in [5, 5.41) is 22.1. The minimum absolute atomic E-state index is 0. The fourth-order valence-corrected chi connectivity index (χ4v) is 4.55. The summed E-state index contributed by atoms with van der Waals surface area (Å²) < 4.78 is 11.7. The molecule has 0 saturated carbocycles. The van der Waals surface area contributed by atoms with Gasteiger partial charge in [-0.05, 0) is 61.8 Å². The van der Waals surface area contributed by atoms with Crippen molar-refractivity contribution in [3.05, 3.63) is 59.7 Å². The predicted molar refractivity (Wildman–Crippen MR) is 148 cm³/mol. The molecule has 2 rings (SSSR count). The van der Waals surface area contributed by atoms with Crippen LogP contribution >= 0.6 is 0 Å². The van der Waals surface area contributed by atoms with Crippen molar-refractivity contribution in [3.8, 4) is 11.5 Å². The van der Waals surface area contributed by atoms with Crippen LogP contribution in [0.25, 0.3) is 0 Å². The van der Waals surface area contributed by atoms with Gasteiger partial charge in [0.05, 0.1) is 24.1 Å². The predicted octanol–water partition coefficient (Wildman–Crippen LogP) is 6.07. The van der Waals surface area contributed by atoms with Crippen LogP contribution in [0, 0.1) is 11.8 Å².